The zero-order chi connectivity index (χ0) is 18.9. The van der Waals surface area contributed by atoms with E-state index in [9.17, 15) is 4.79 Å². The van der Waals surface area contributed by atoms with Crippen LogP contribution in [0.2, 0.25) is 0 Å². The lowest BCUT2D eigenvalue weighted by atomic mass is 10.0. The molecule has 0 aromatic rings. The molecular formula is C18H33N5O4. The number of fused-ring (bicyclic) bond motifs is 1. The van der Waals surface area contributed by atoms with E-state index in [0.717, 1.165) is 32.2 Å². The number of amides is 1. The van der Waals surface area contributed by atoms with Gasteiger partial charge in [-0.1, -0.05) is 0 Å². The molecule has 1 heterocycles. The molecule has 9 nitrogen and oxygen atoms in total. The maximum absolute atomic E-state index is 11.8. The first kappa shape index (κ1) is 20.2. The van der Waals surface area contributed by atoms with Crippen LogP contribution in [0.3, 0.4) is 0 Å². The zero-order valence-corrected chi connectivity index (χ0v) is 16.1. The van der Waals surface area contributed by atoms with Crippen molar-refractivity contribution in [2.75, 3.05) is 53.2 Å². The van der Waals surface area contributed by atoms with Crippen molar-refractivity contribution in [1.29, 1.82) is 0 Å². The van der Waals surface area contributed by atoms with Gasteiger partial charge in [-0.3, -0.25) is 0 Å². The number of allylic oxidation sites excluding steroid dienone is 2. The Bertz CT molecular complexity index is 492. The number of ether oxygens (including phenoxy) is 3. The van der Waals surface area contributed by atoms with Gasteiger partial charge in [-0.25, -0.2) is 4.79 Å². The highest BCUT2D eigenvalue weighted by atomic mass is 16.6. The Hall–Kier alpha value is -1.55. The van der Waals surface area contributed by atoms with Crippen molar-refractivity contribution in [2.24, 2.45) is 17.8 Å². The Morgan fingerprint density at radius 3 is 2.26 bits per heavy atom. The predicted octanol–water partition coefficient (Wildman–Crippen LogP) is 0.225. The lowest BCUT2D eigenvalue weighted by Crippen LogP contribution is -2.32. The molecule has 1 saturated carbocycles. The van der Waals surface area contributed by atoms with Gasteiger partial charge < -0.3 is 35.7 Å². The normalized spacial score (nSPS) is 26.2. The van der Waals surface area contributed by atoms with Gasteiger partial charge in [0, 0.05) is 24.5 Å². The minimum absolute atomic E-state index is 0.351. The van der Waals surface area contributed by atoms with Gasteiger partial charge in [-0.15, -0.1) is 0 Å². The van der Waals surface area contributed by atoms with E-state index in [1.807, 2.05) is 7.05 Å². The van der Waals surface area contributed by atoms with Crippen LogP contribution in [0, 0.1) is 17.8 Å². The monoisotopic (exact) mass is 383 g/mol. The van der Waals surface area contributed by atoms with Crippen molar-refractivity contribution in [3.05, 3.63) is 11.4 Å². The Morgan fingerprint density at radius 2 is 1.63 bits per heavy atom. The number of alkyl carbamates (subject to hydrolysis) is 1. The summed E-state index contributed by atoms with van der Waals surface area (Å²) in [6, 6.07) is 0. The molecule has 1 amide bonds. The van der Waals surface area contributed by atoms with Gasteiger partial charge in [0.15, 0.2) is 0 Å². The number of hydrogen-bond acceptors (Lipinski definition) is 8. The minimum Gasteiger partial charge on any atom is -0.449 e. The van der Waals surface area contributed by atoms with E-state index < -0.39 is 0 Å². The molecule has 3 aliphatic rings. The number of carbonyl (C=O) groups is 1. The van der Waals surface area contributed by atoms with E-state index in [1.165, 1.54) is 11.4 Å². The second kappa shape index (κ2) is 10.7. The first-order valence-corrected chi connectivity index (χ1v) is 9.99. The average Bonchev–Trinajstić information content (AvgIpc) is 3.11. The van der Waals surface area contributed by atoms with Gasteiger partial charge >= 0.3 is 6.09 Å². The molecule has 0 spiro atoms. The minimum atomic E-state index is -0.351. The lowest BCUT2D eigenvalue weighted by Gasteiger charge is -2.08. The molecule has 27 heavy (non-hydrogen) atoms. The molecule has 0 saturated heterocycles. The molecule has 0 aromatic carbocycles. The van der Waals surface area contributed by atoms with Crippen molar-refractivity contribution in [2.45, 2.75) is 25.7 Å². The Kier molecular flexibility index (Phi) is 8.00. The van der Waals surface area contributed by atoms with E-state index in [-0.39, 0.29) is 6.09 Å². The van der Waals surface area contributed by atoms with Crippen LogP contribution in [0.5, 0.6) is 0 Å². The van der Waals surface area contributed by atoms with E-state index in [1.54, 1.807) is 0 Å². The molecule has 0 bridgehead atoms. The molecule has 3 rings (SSSR count). The summed E-state index contributed by atoms with van der Waals surface area (Å²) in [6.45, 7) is 4.04. The van der Waals surface area contributed by atoms with Gasteiger partial charge in [0.1, 0.15) is 0 Å². The van der Waals surface area contributed by atoms with E-state index in [2.05, 4.69) is 27.0 Å². The molecule has 154 valence electrons. The summed E-state index contributed by atoms with van der Waals surface area (Å²) in [4.78, 5) is 11.8. The highest BCUT2D eigenvalue weighted by molar-refractivity contribution is 5.67. The van der Waals surface area contributed by atoms with Gasteiger partial charge in [-0.05, 0) is 50.5 Å². The molecule has 0 radical (unpaired) electrons. The van der Waals surface area contributed by atoms with Crippen molar-refractivity contribution in [1.82, 2.24) is 27.0 Å². The molecule has 2 aliphatic carbocycles. The summed E-state index contributed by atoms with van der Waals surface area (Å²) in [7, 11) is 1.89. The van der Waals surface area contributed by atoms with Crippen molar-refractivity contribution in [3.63, 3.8) is 0 Å². The third-order valence-corrected chi connectivity index (χ3v) is 5.55. The Labute approximate surface area is 160 Å². The van der Waals surface area contributed by atoms with Crippen LogP contribution in [0.15, 0.2) is 11.4 Å². The standard InChI is InChI=1S/C18H33N5O4/c1-19-6-8-25-10-11-26-9-7-20-18(24)27-12-15-13-2-4-16-17(22-23-21-16)5-3-14(13)15/h13-15,19,21-23H,2-12H2,1H3,(H,20,24). The summed E-state index contributed by atoms with van der Waals surface area (Å²) in [5, 5.41) is 5.75. The summed E-state index contributed by atoms with van der Waals surface area (Å²) in [6.07, 6.45) is 4.06. The Morgan fingerprint density at radius 1 is 1.00 bits per heavy atom. The quantitative estimate of drug-likeness (QED) is 0.323. The summed E-state index contributed by atoms with van der Waals surface area (Å²) >= 11 is 0. The fourth-order valence-corrected chi connectivity index (χ4v) is 3.95. The van der Waals surface area contributed by atoms with E-state index >= 15 is 0 Å². The van der Waals surface area contributed by atoms with Gasteiger partial charge in [-0.2, -0.15) is 5.53 Å². The first-order chi connectivity index (χ1) is 13.3. The zero-order valence-electron chi connectivity index (χ0n) is 16.1. The number of likely N-dealkylation sites (N-methyl/N-ethyl adjacent to an activating group) is 1. The van der Waals surface area contributed by atoms with Crippen LogP contribution in [0.1, 0.15) is 25.7 Å². The van der Waals surface area contributed by atoms with Crippen molar-refractivity contribution >= 4 is 6.09 Å². The topological polar surface area (TPSA) is 105 Å². The SMILES string of the molecule is CNCCOCCOCCNC(=O)OCC1C2CCC3=C(CCC21)NNN3. The largest absolute Gasteiger partial charge is 0.449 e. The molecular weight excluding hydrogens is 350 g/mol. The fourth-order valence-electron chi connectivity index (χ4n) is 3.95. The second-order valence-electron chi connectivity index (χ2n) is 7.25. The van der Waals surface area contributed by atoms with E-state index in [0.29, 0.717) is 57.3 Å². The third kappa shape index (κ3) is 6.24. The van der Waals surface area contributed by atoms with Gasteiger partial charge in [0.2, 0.25) is 0 Å². The first-order valence-electron chi connectivity index (χ1n) is 9.99. The molecule has 9 heteroatoms. The average molecular weight is 383 g/mol. The van der Waals surface area contributed by atoms with Crippen molar-refractivity contribution in [3.8, 4) is 0 Å². The summed E-state index contributed by atoms with van der Waals surface area (Å²) in [5.41, 5.74) is 11.9. The third-order valence-electron chi connectivity index (χ3n) is 5.55. The number of carbonyl (C=O) groups excluding carboxylic acids is 1. The highest BCUT2D eigenvalue weighted by Crippen LogP contribution is 2.53. The summed E-state index contributed by atoms with van der Waals surface area (Å²) in [5.74, 6) is 1.87. The fraction of sp³-hybridized carbons (Fsp3) is 0.833. The smallest absolute Gasteiger partial charge is 0.407 e. The molecule has 2 unspecified atom stereocenters. The van der Waals surface area contributed by atoms with Gasteiger partial charge in [0.05, 0.1) is 33.0 Å². The molecule has 0 aromatic heterocycles. The Balaban J connectivity index is 1.19. The molecule has 5 N–H and O–H groups in total. The maximum Gasteiger partial charge on any atom is 0.407 e. The summed E-state index contributed by atoms with van der Waals surface area (Å²) < 4.78 is 16.2. The number of hydrogen-bond donors (Lipinski definition) is 5. The van der Waals surface area contributed by atoms with Crippen LogP contribution in [-0.2, 0) is 14.2 Å². The molecule has 1 aliphatic heterocycles. The maximum atomic E-state index is 11.8. The number of hydrazine groups is 2. The van der Waals surface area contributed by atoms with Crippen molar-refractivity contribution < 1.29 is 19.0 Å². The van der Waals surface area contributed by atoms with Crippen LogP contribution in [0.4, 0.5) is 4.79 Å². The molecule has 1 fully saturated rings. The lowest BCUT2D eigenvalue weighted by molar-refractivity contribution is 0.0496. The van der Waals surface area contributed by atoms with Crippen LogP contribution >= 0.6 is 0 Å². The molecule has 2 atom stereocenters. The van der Waals surface area contributed by atoms with Crippen LogP contribution in [-0.4, -0.2) is 59.3 Å². The highest BCUT2D eigenvalue weighted by Gasteiger charge is 2.50. The van der Waals surface area contributed by atoms with Crippen LogP contribution in [0.25, 0.3) is 0 Å². The van der Waals surface area contributed by atoms with Crippen LogP contribution < -0.4 is 27.0 Å². The predicted molar refractivity (Wildman–Crippen MR) is 100 cm³/mol. The second-order valence-corrected chi connectivity index (χ2v) is 7.25. The number of nitrogens with one attached hydrogen (secondary N) is 5. The van der Waals surface area contributed by atoms with Gasteiger partial charge in [0.25, 0.3) is 0 Å². The van der Waals surface area contributed by atoms with E-state index in [4.69, 9.17) is 14.2 Å². The number of rotatable bonds is 11.